The summed E-state index contributed by atoms with van der Waals surface area (Å²) < 4.78 is 8.28. The zero-order valence-corrected chi connectivity index (χ0v) is 11.9. The molecule has 5 heteroatoms. The summed E-state index contributed by atoms with van der Waals surface area (Å²) in [7, 11) is 2.05. The number of nitrogens with one attached hydrogen (secondary N) is 1. The van der Waals surface area contributed by atoms with Crippen LogP contribution in [-0.4, -0.2) is 39.8 Å². The van der Waals surface area contributed by atoms with E-state index in [1.165, 1.54) is 12.2 Å². The quantitative estimate of drug-likeness (QED) is 0.840. The van der Waals surface area contributed by atoms with E-state index in [4.69, 9.17) is 9.72 Å². The first-order valence-corrected chi connectivity index (χ1v) is 7.82. The number of rotatable bonds is 1. The van der Waals surface area contributed by atoms with Crippen LogP contribution < -0.4 is 5.32 Å². The van der Waals surface area contributed by atoms with Crippen molar-refractivity contribution in [2.75, 3.05) is 24.7 Å². The van der Waals surface area contributed by atoms with Gasteiger partial charge in [0.05, 0.1) is 23.9 Å². The summed E-state index contributed by atoms with van der Waals surface area (Å²) in [6.07, 6.45) is 4.53. The molecule has 2 aliphatic heterocycles. The van der Waals surface area contributed by atoms with Gasteiger partial charge >= 0.3 is 0 Å². The van der Waals surface area contributed by atoms with Gasteiger partial charge in [0.25, 0.3) is 0 Å². The molecule has 0 aliphatic carbocycles. The van der Waals surface area contributed by atoms with Crippen molar-refractivity contribution in [2.24, 2.45) is 7.05 Å². The van der Waals surface area contributed by atoms with Crippen molar-refractivity contribution in [1.29, 1.82) is 0 Å². The van der Waals surface area contributed by atoms with Crippen molar-refractivity contribution < 1.29 is 4.74 Å². The molecule has 2 unspecified atom stereocenters. The highest BCUT2D eigenvalue weighted by Gasteiger charge is 2.45. The third kappa shape index (κ3) is 2.08. The Morgan fingerprint density at radius 1 is 1.61 bits per heavy atom. The van der Waals surface area contributed by atoms with Crippen LogP contribution in [0.3, 0.4) is 0 Å². The molecule has 100 valence electrons. The molecule has 1 N–H and O–H groups in total. The lowest BCUT2D eigenvalue weighted by Gasteiger charge is -2.45. The van der Waals surface area contributed by atoms with Crippen LogP contribution in [0.4, 0.5) is 0 Å². The fraction of sp³-hybridized carbons (Fsp3) is 0.769. The summed E-state index contributed by atoms with van der Waals surface area (Å²) in [5.41, 5.74) is 1.10. The lowest BCUT2D eigenvalue weighted by Crippen LogP contribution is -2.55. The summed E-state index contributed by atoms with van der Waals surface area (Å²) >= 11 is 2.01. The SMILES string of the molecule is Cc1nc(C2NCCOC23CCCSC3)cn1C. The van der Waals surface area contributed by atoms with Crippen LogP contribution in [0.25, 0.3) is 0 Å². The Balaban J connectivity index is 1.91. The number of thioether (sulfide) groups is 1. The fourth-order valence-corrected chi connectivity index (χ4v) is 4.19. The van der Waals surface area contributed by atoms with Crippen molar-refractivity contribution in [3.05, 3.63) is 17.7 Å². The molecule has 1 spiro atoms. The first kappa shape index (κ1) is 12.5. The Bertz CT molecular complexity index is 398. The molecule has 1 aromatic rings. The van der Waals surface area contributed by atoms with E-state index in [0.717, 1.165) is 36.8 Å². The third-order valence-electron chi connectivity index (χ3n) is 4.02. The molecule has 0 amide bonds. The number of imidazole rings is 1. The molecule has 1 aromatic heterocycles. The topological polar surface area (TPSA) is 39.1 Å². The number of hydrogen-bond donors (Lipinski definition) is 1. The summed E-state index contributed by atoms with van der Waals surface area (Å²) in [5.74, 6) is 3.41. The lowest BCUT2D eigenvalue weighted by atomic mass is 9.87. The number of ether oxygens (including phenoxy) is 1. The van der Waals surface area contributed by atoms with Crippen molar-refractivity contribution in [3.8, 4) is 0 Å². The summed E-state index contributed by atoms with van der Waals surface area (Å²) in [5, 5.41) is 3.62. The van der Waals surface area contributed by atoms with E-state index in [9.17, 15) is 0 Å². The molecular weight excluding hydrogens is 246 g/mol. The van der Waals surface area contributed by atoms with Gasteiger partial charge < -0.3 is 14.6 Å². The maximum atomic E-state index is 6.19. The molecule has 4 nitrogen and oxygen atoms in total. The predicted octanol–water partition coefficient (Wildman–Crippen LogP) is 1.66. The van der Waals surface area contributed by atoms with Gasteiger partial charge in [0.2, 0.25) is 0 Å². The first-order chi connectivity index (χ1) is 8.71. The molecule has 0 radical (unpaired) electrons. The van der Waals surface area contributed by atoms with Crippen molar-refractivity contribution in [3.63, 3.8) is 0 Å². The van der Waals surface area contributed by atoms with Gasteiger partial charge in [-0.05, 0) is 25.5 Å². The number of aromatic nitrogens is 2. The minimum Gasteiger partial charge on any atom is -0.371 e. The second kappa shape index (κ2) is 4.87. The van der Waals surface area contributed by atoms with E-state index in [1.54, 1.807) is 0 Å². The van der Waals surface area contributed by atoms with Crippen LogP contribution in [0.2, 0.25) is 0 Å². The second-order valence-corrected chi connectivity index (χ2v) is 6.39. The number of morpholine rings is 1. The molecule has 2 saturated heterocycles. The third-order valence-corrected chi connectivity index (χ3v) is 5.29. The number of hydrogen-bond acceptors (Lipinski definition) is 4. The summed E-state index contributed by atoms with van der Waals surface area (Å²) in [6.45, 7) is 3.80. The minimum atomic E-state index is -0.0397. The molecule has 0 aromatic carbocycles. The molecule has 2 aliphatic rings. The monoisotopic (exact) mass is 267 g/mol. The molecule has 0 bridgehead atoms. The van der Waals surface area contributed by atoms with Crippen LogP contribution >= 0.6 is 11.8 Å². The largest absolute Gasteiger partial charge is 0.371 e. The highest BCUT2D eigenvalue weighted by molar-refractivity contribution is 7.99. The van der Waals surface area contributed by atoms with Gasteiger partial charge in [-0.1, -0.05) is 0 Å². The van der Waals surface area contributed by atoms with Gasteiger partial charge in [-0.3, -0.25) is 0 Å². The van der Waals surface area contributed by atoms with E-state index < -0.39 is 0 Å². The molecule has 0 saturated carbocycles. The Kier molecular flexibility index (Phi) is 3.38. The van der Waals surface area contributed by atoms with Crippen molar-refractivity contribution in [1.82, 2.24) is 14.9 Å². The lowest BCUT2D eigenvalue weighted by molar-refractivity contribution is -0.0897. The van der Waals surface area contributed by atoms with Gasteiger partial charge in [0.1, 0.15) is 5.82 Å². The Labute approximate surface area is 112 Å². The van der Waals surface area contributed by atoms with E-state index in [1.807, 2.05) is 11.8 Å². The minimum absolute atomic E-state index is 0.0397. The normalized spacial score (nSPS) is 32.9. The Morgan fingerprint density at radius 2 is 2.50 bits per heavy atom. The van der Waals surface area contributed by atoms with Gasteiger partial charge in [0, 0.05) is 25.5 Å². The Hall–Kier alpha value is -0.520. The molecule has 3 rings (SSSR count). The molecular formula is C13H21N3OS. The number of aryl methyl sites for hydroxylation is 2. The smallest absolute Gasteiger partial charge is 0.105 e. The van der Waals surface area contributed by atoms with Crippen LogP contribution in [0.1, 0.15) is 30.4 Å². The second-order valence-electron chi connectivity index (χ2n) is 5.28. The molecule has 2 fully saturated rings. The van der Waals surface area contributed by atoms with Crippen LogP contribution in [0.15, 0.2) is 6.20 Å². The molecule has 3 heterocycles. The van der Waals surface area contributed by atoms with Crippen molar-refractivity contribution in [2.45, 2.75) is 31.4 Å². The van der Waals surface area contributed by atoms with Gasteiger partial charge in [-0.2, -0.15) is 11.8 Å². The molecule has 2 atom stereocenters. The summed E-state index contributed by atoms with van der Waals surface area (Å²) in [4.78, 5) is 4.69. The van der Waals surface area contributed by atoms with Crippen LogP contribution in [0, 0.1) is 6.92 Å². The first-order valence-electron chi connectivity index (χ1n) is 6.66. The summed E-state index contributed by atoms with van der Waals surface area (Å²) in [6, 6.07) is 0.249. The number of nitrogens with zero attached hydrogens (tertiary/aromatic N) is 2. The zero-order chi connectivity index (χ0) is 12.6. The predicted molar refractivity (Wildman–Crippen MR) is 73.9 cm³/mol. The van der Waals surface area contributed by atoms with Crippen LogP contribution in [-0.2, 0) is 11.8 Å². The van der Waals surface area contributed by atoms with Crippen molar-refractivity contribution >= 4 is 11.8 Å². The highest BCUT2D eigenvalue weighted by Crippen LogP contribution is 2.41. The average Bonchev–Trinajstić information content (AvgIpc) is 2.71. The maximum Gasteiger partial charge on any atom is 0.105 e. The zero-order valence-electron chi connectivity index (χ0n) is 11.1. The Morgan fingerprint density at radius 3 is 3.17 bits per heavy atom. The van der Waals surface area contributed by atoms with Gasteiger partial charge in [-0.15, -0.1) is 0 Å². The van der Waals surface area contributed by atoms with E-state index in [0.29, 0.717) is 0 Å². The van der Waals surface area contributed by atoms with Gasteiger partial charge in [-0.25, -0.2) is 4.98 Å². The van der Waals surface area contributed by atoms with Crippen LogP contribution in [0.5, 0.6) is 0 Å². The highest BCUT2D eigenvalue weighted by atomic mass is 32.2. The van der Waals surface area contributed by atoms with E-state index in [-0.39, 0.29) is 11.6 Å². The molecule has 18 heavy (non-hydrogen) atoms. The van der Waals surface area contributed by atoms with E-state index >= 15 is 0 Å². The standard InChI is InChI=1S/C13H21N3OS/c1-10-15-11(8-16(10)2)12-13(17-6-5-14-12)4-3-7-18-9-13/h8,12,14H,3-7,9H2,1-2H3. The maximum absolute atomic E-state index is 6.19. The average molecular weight is 267 g/mol. The van der Waals surface area contributed by atoms with Gasteiger partial charge in [0.15, 0.2) is 0 Å². The van der Waals surface area contributed by atoms with E-state index in [2.05, 4.69) is 30.1 Å². The fourth-order valence-electron chi connectivity index (χ4n) is 2.96.